The molecule has 9 heteroatoms. The Kier molecular flexibility index (Phi) is 2.86. The summed E-state index contributed by atoms with van der Waals surface area (Å²) >= 11 is 0. The largest absolute Gasteiger partial charge is 0.384 e. The number of H-pyrrole nitrogens is 1. The lowest BCUT2D eigenvalue weighted by atomic mass is 10.3. The third-order valence-electron chi connectivity index (χ3n) is 2.16. The molecule has 2 aromatic heterocycles. The molecule has 2 heterocycles. The van der Waals surface area contributed by atoms with Crippen molar-refractivity contribution in [3.63, 3.8) is 0 Å². The summed E-state index contributed by atoms with van der Waals surface area (Å²) in [6, 6.07) is 0. The zero-order valence-electron chi connectivity index (χ0n) is 9.08. The van der Waals surface area contributed by atoms with Gasteiger partial charge in [-0.15, -0.1) is 0 Å². The maximum atomic E-state index is 11.8. The number of aromatic amines is 1. The van der Waals surface area contributed by atoms with Gasteiger partial charge in [-0.3, -0.25) is 5.10 Å². The number of aromatic nitrogens is 4. The highest BCUT2D eigenvalue weighted by molar-refractivity contribution is 7.89. The number of hydrogen-bond acceptors (Lipinski definition) is 5. The number of rotatable bonds is 4. The number of nitrogen functional groups attached to an aromatic ring is 1. The van der Waals surface area contributed by atoms with Crippen LogP contribution in [0.15, 0.2) is 23.7 Å². The predicted octanol–water partition coefficient (Wildman–Crippen LogP) is -0.796. The molecule has 0 aliphatic heterocycles. The lowest BCUT2D eigenvalue weighted by molar-refractivity contribution is 0.578. The van der Waals surface area contributed by atoms with Crippen LogP contribution in [0.5, 0.6) is 0 Å². The first kappa shape index (κ1) is 11.6. The fraction of sp³-hybridized carbons (Fsp3) is 0.250. The maximum absolute atomic E-state index is 11.8. The van der Waals surface area contributed by atoms with Gasteiger partial charge in [-0.2, -0.15) is 5.10 Å². The van der Waals surface area contributed by atoms with E-state index in [0.717, 1.165) is 0 Å². The van der Waals surface area contributed by atoms with Crippen LogP contribution in [0.3, 0.4) is 0 Å². The standard InChI is InChI=1S/C8H12N6O2S/c1-14-4-7(10-5-14)17(15,16)12-3-6-2-11-13-8(6)9/h2,4-5,12H,3H2,1H3,(H3,9,11,13). The van der Waals surface area contributed by atoms with Crippen molar-refractivity contribution < 1.29 is 8.42 Å². The summed E-state index contributed by atoms with van der Waals surface area (Å²) in [7, 11) is -1.92. The number of sulfonamides is 1. The van der Waals surface area contributed by atoms with Crippen LogP contribution in [0, 0.1) is 0 Å². The Morgan fingerprint density at radius 2 is 2.35 bits per heavy atom. The van der Waals surface area contributed by atoms with E-state index in [2.05, 4.69) is 19.9 Å². The van der Waals surface area contributed by atoms with Crippen molar-refractivity contribution in [1.29, 1.82) is 0 Å². The van der Waals surface area contributed by atoms with E-state index in [1.807, 2.05) is 0 Å². The van der Waals surface area contributed by atoms with Gasteiger partial charge in [0.25, 0.3) is 10.0 Å². The van der Waals surface area contributed by atoms with E-state index in [1.165, 1.54) is 18.7 Å². The molecular weight excluding hydrogens is 244 g/mol. The summed E-state index contributed by atoms with van der Waals surface area (Å²) in [5, 5.41) is 6.19. The Hall–Kier alpha value is -1.87. The molecule has 0 bridgehead atoms. The van der Waals surface area contributed by atoms with E-state index in [0.29, 0.717) is 11.4 Å². The number of hydrogen-bond donors (Lipinski definition) is 3. The second kappa shape index (κ2) is 4.18. The average molecular weight is 256 g/mol. The molecule has 0 unspecified atom stereocenters. The highest BCUT2D eigenvalue weighted by atomic mass is 32.2. The Morgan fingerprint density at radius 3 is 2.88 bits per heavy atom. The van der Waals surface area contributed by atoms with Crippen LogP contribution < -0.4 is 10.5 Å². The van der Waals surface area contributed by atoms with E-state index in [1.54, 1.807) is 11.6 Å². The molecular formula is C8H12N6O2S. The predicted molar refractivity (Wildman–Crippen MR) is 60.2 cm³/mol. The summed E-state index contributed by atoms with van der Waals surface area (Å²) in [5.41, 5.74) is 6.13. The zero-order valence-corrected chi connectivity index (χ0v) is 9.90. The Balaban J connectivity index is 2.11. The van der Waals surface area contributed by atoms with Crippen LogP contribution in [0.25, 0.3) is 0 Å². The maximum Gasteiger partial charge on any atom is 0.259 e. The topological polar surface area (TPSA) is 119 Å². The van der Waals surface area contributed by atoms with Crippen molar-refractivity contribution in [2.75, 3.05) is 5.73 Å². The molecule has 0 fully saturated rings. The SMILES string of the molecule is Cn1cnc(S(=O)(=O)NCc2cn[nH]c2N)c1. The first-order chi connectivity index (χ1) is 7.99. The molecule has 8 nitrogen and oxygen atoms in total. The summed E-state index contributed by atoms with van der Waals surface area (Å²) in [4.78, 5) is 3.77. The fourth-order valence-electron chi connectivity index (χ4n) is 1.24. The highest BCUT2D eigenvalue weighted by Crippen LogP contribution is 2.08. The molecule has 0 saturated heterocycles. The van der Waals surface area contributed by atoms with Gasteiger partial charge in [0, 0.05) is 25.4 Å². The van der Waals surface area contributed by atoms with E-state index >= 15 is 0 Å². The number of nitrogens with two attached hydrogens (primary N) is 1. The first-order valence-corrected chi connectivity index (χ1v) is 6.23. The molecule has 0 aromatic carbocycles. The van der Waals surface area contributed by atoms with Crippen molar-refractivity contribution in [3.8, 4) is 0 Å². The molecule has 0 atom stereocenters. The molecule has 4 N–H and O–H groups in total. The summed E-state index contributed by atoms with van der Waals surface area (Å²) in [6.45, 7) is 0.0707. The quantitative estimate of drug-likeness (QED) is 0.662. The van der Waals surface area contributed by atoms with E-state index in [-0.39, 0.29) is 11.6 Å². The second-order valence-corrected chi connectivity index (χ2v) is 5.22. The van der Waals surface area contributed by atoms with Crippen LogP contribution in [0.1, 0.15) is 5.56 Å². The lowest BCUT2D eigenvalue weighted by Crippen LogP contribution is -2.23. The van der Waals surface area contributed by atoms with E-state index in [4.69, 9.17) is 5.73 Å². The van der Waals surface area contributed by atoms with Crippen LogP contribution >= 0.6 is 0 Å². The molecule has 0 saturated carbocycles. The summed E-state index contributed by atoms with van der Waals surface area (Å²) in [6.07, 6.45) is 4.30. The van der Waals surface area contributed by atoms with Crippen molar-refractivity contribution in [3.05, 3.63) is 24.3 Å². The molecule has 2 rings (SSSR count). The van der Waals surface area contributed by atoms with Gasteiger partial charge >= 0.3 is 0 Å². The number of aryl methyl sites for hydroxylation is 1. The van der Waals surface area contributed by atoms with Gasteiger partial charge in [-0.05, 0) is 0 Å². The van der Waals surface area contributed by atoms with Gasteiger partial charge in [0.05, 0.1) is 12.5 Å². The minimum absolute atomic E-state index is 0.0259. The van der Waals surface area contributed by atoms with Crippen molar-refractivity contribution in [1.82, 2.24) is 24.5 Å². The van der Waals surface area contributed by atoms with Gasteiger partial charge in [0.15, 0.2) is 5.03 Å². The van der Waals surface area contributed by atoms with Gasteiger partial charge in [0.2, 0.25) is 0 Å². The molecule has 0 aliphatic rings. The molecule has 0 amide bonds. The Bertz CT molecular complexity index is 614. The molecule has 92 valence electrons. The lowest BCUT2D eigenvalue weighted by Gasteiger charge is -2.02. The number of imidazole rings is 1. The third kappa shape index (κ3) is 2.45. The minimum atomic E-state index is -3.61. The minimum Gasteiger partial charge on any atom is -0.384 e. The van der Waals surface area contributed by atoms with Crippen molar-refractivity contribution in [2.24, 2.45) is 7.05 Å². The Labute approximate surface area is 97.9 Å². The molecule has 0 radical (unpaired) electrons. The van der Waals surface area contributed by atoms with Crippen LogP contribution in [-0.2, 0) is 23.6 Å². The molecule has 17 heavy (non-hydrogen) atoms. The van der Waals surface area contributed by atoms with Crippen molar-refractivity contribution in [2.45, 2.75) is 11.6 Å². The van der Waals surface area contributed by atoms with Gasteiger partial charge in [0.1, 0.15) is 5.82 Å². The molecule has 2 aromatic rings. The third-order valence-corrected chi connectivity index (χ3v) is 3.45. The normalized spacial score (nSPS) is 11.8. The average Bonchev–Trinajstić information content (AvgIpc) is 2.85. The number of anilines is 1. The van der Waals surface area contributed by atoms with Crippen LogP contribution in [0.2, 0.25) is 0 Å². The highest BCUT2D eigenvalue weighted by Gasteiger charge is 2.17. The summed E-state index contributed by atoms with van der Waals surface area (Å²) < 4.78 is 27.5. The Morgan fingerprint density at radius 1 is 1.59 bits per heavy atom. The molecule has 0 spiro atoms. The number of nitrogens with one attached hydrogen (secondary N) is 2. The molecule has 0 aliphatic carbocycles. The monoisotopic (exact) mass is 256 g/mol. The fourth-order valence-corrected chi connectivity index (χ4v) is 2.22. The van der Waals surface area contributed by atoms with Crippen LogP contribution in [-0.4, -0.2) is 28.2 Å². The van der Waals surface area contributed by atoms with E-state index in [9.17, 15) is 8.42 Å². The zero-order chi connectivity index (χ0) is 12.5. The van der Waals surface area contributed by atoms with Gasteiger partial charge < -0.3 is 10.3 Å². The first-order valence-electron chi connectivity index (χ1n) is 4.74. The van der Waals surface area contributed by atoms with Gasteiger partial charge in [-0.1, -0.05) is 0 Å². The smallest absolute Gasteiger partial charge is 0.259 e. The van der Waals surface area contributed by atoms with Crippen molar-refractivity contribution >= 4 is 15.8 Å². The van der Waals surface area contributed by atoms with E-state index < -0.39 is 10.0 Å². The van der Waals surface area contributed by atoms with Crippen LogP contribution in [0.4, 0.5) is 5.82 Å². The van der Waals surface area contributed by atoms with Gasteiger partial charge in [-0.25, -0.2) is 18.1 Å². The second-order valence-electron chi connectivity index (χ2n) is 3.51. The summed E-state index contributed by atoms with van der Waals surface area (Å²) in [5.74, 6) is 0.341. The number of nitrogens with zero attached hydrogens (tertiary/aromatic N) is 3.